The number of hydrogen-bond donors (Lipinski definition) is 2. The highest BCUT2D eigenvalue weighted by Crippen LogP contribution is 2.12. The van der Waals surface area contributed by atoms with E-state index in [-0.39, 0.29) is 35.9 Å². The first-order chi connectivity index (χ1) is 9.85. The largest absolute Gasteiger partial charge is 0.351 e. The van der Waals surface area contributed by atoms with Crippen LogP contribution in [0.15, 0.2) is 28.7 Å². The Balaban J connectivity index is 1.80. The molecule has 1 aromatic rings. The zero-order valence-corrected chi connectivity index (χ0v) is 13.5. The zero-order chi connectivity index (χ0) is 15.5. The van der Waals surface area contributed by atoms with Crippen LogP contribution in [0.25, 0.3) is 0 Å². The maximum atomic E-state index is 11.8. The summed E-state index contributed by atoms with van der Waals surface area (Å²) in [5, 5.41) is 5.11. The first-order valence-electron chi connectivity index (χ1n) is 6.39. The fourth-order valence-corrected chi connectivity index (χ4v) is 4.15. The molecule has 2 rings (SSSR count). The summed E-state index contributed by atoms with van der Waals surface area (Å²) in [4.78, 5) is 23.5. The molecule has 6 nitrogen and oxygen atoms in total. The van der Waals surface area contributed by atoms with Gasteiger partial charge in [-0.1, -0.05) is 22.0 Å². The molecule has 0 aromatic heterocycles. The summed E-state index contributed by atoms with van der Waals surface area (Å²) in [7, 11) is -3.03. The van der Waals surface area contributed by atoms with E-state index in [0.29, 0.717) is 12.0 Å². The van der Waals surface area contributed by atoms with E-state index in [1.807, 2.05) is 0 Å². The van der Waals surface area contributed by atoms with Crippen molar-refractivity contribution in [2.45, 2.75) is 12.5 Å². The molecule has 1 atom stereocenters. The third kappa shape index (κ3) is 4.82. The number of amides is 2. The second-order valence-corrected chi connectivity index (χ2v) is 8.00. The van der Waals surface area contributed by atoms with Gasteiger partial charge in [-0.2, -0.15) is 0 Å². The van der Waals surface area contributed by atoms with Crippen LogP contribution in [0.3, 0.4) is 0 Å². The molecule has 1 heterocycles. The average molecular weight is 375 g/mol. The standard InChI is InChI=1S/C13H15BrN2O4S/c14-10-3-1-2-9(6-10)13(18)15-7-12(17)16-11-4-5-21(19,20)8-11/h1-3,6,11H,4-5,7-8H2,(H,15,18)(H,16,17). The summed E-state index contributed by atoms with van der Waals surface area (Å²) in [6.07, 6.45) is 0.424. The van der Waals surface area contributed by atoms with Crippen molar-refractivity contribution in [3.8, 4) is 0 Å². The molecular formula is C13H15BrN2O4S. The van der Waals surface area contributed by atoms with Gasteiger partial charge in [-0.15, -0.1) is 0 Å². The number of rotatable bonds is 4. The van der Waals surface area contributed by atoms with Gasteiger partial charge in [0.2, 0.25) is 5.91 Å². The molecular weight excluding hydrogens is 360 g/mol. The van der Waals surface area contributed by atoms with E-state index in [1.54, 1.807) is 24.3 Å². The zero-order valence-electron chi connectivity index (χ0n) is 11.1. The van der Waals surface area contributed by atoms with Crippen molar-refractivity contribution >= 4 is 37.6 Å². The van der Waals surface area contributed by atoms with Gasteiger partial charge in [-0.25, -0.2) is 8.42 Å². The Bertz CT molecular complexity index is 660. The summed E-state index contributed by atoms with van der Waals surface area (Å²) in [6, 6.07) is 6.45. The predicted molar refractivity (Wildman–Crippen MR) is 81.7 cm³/mol. The van der Waals surface area contributed by atoms with E-state index in [9.17, 15) is 18.0 Å². The Morgan fingerprint density at radius 2 is 2.10 bits per heavy atom. The van der Waals surface area contributed by atoms with Gasteiger partial charge < -0.3 is 10.6 Å². The number of sulfone groups is 1. The SMILES string of the molecule is O=C(CNC(=O)c1cccc(Br)c1)NC1CCS(=O)(=O)C1. The normalized spacial score (nSPS) is 20.0. The number of benzene rings is 1. The van der Waals surface area contributed by atoms with E-state index >= 15 is 0 Å². The van der Waals surface area contributed by atoms with E-state index in [0.717, 1.165) is 4.47 Å². The Hall–Kier alpha value is -1.41. The molecule has 2 N–H and O–H groups in total. The molecule has 1 saturated heterocycles. The minimum absolute atomic E-state index is 0.0294. The fraction of sp³-hybridized carbons (Fsp3) is 0.385. The first kappa shape index (κ1) is 16.0. The van der Waals surface area contributed by atoms with Gasteiger partial charge in [0, 0.05) is 16.1 Å². The number of carbonyl (C=O) groups is 2. The Morgan fingerprint density at radius 3 is 2.71 bits per heavy atom. The van der Waals surface area contributed by atoms with E-state index in [2.05, 4.69) is 26.6 Å². The Kier molecular flexibility index (Phi) is 5.00. The lowest BCUT2D eigenvalue weighted by Gasteiger charge is -2.11. The highest BCUT2D eigenvalue weighted by atomic mass is 79.9. The van der Waals surface area contributed by atoms with Crippen molar-refractivity contribution in [1.82, 2.24) is 10.6 Å². The van der Waals surface area contributed by atoms with Crippen molar-refractivity contribution in [2.24, 2.45) is 0 Å². The summed E-state index contributed by atoms with van der Waals surface area (Å²) in [5.74, 6) is -0.674. The van der Waals surface area contributed by atoms with Crippen LogP contribution in [0.4, 0.5) is 0 Å². The molecule has 2 amide bonds. The van der Waals surface area contributed by atoms with Gasteiger partial charge in [0.1, 0.15) is 0 Å². The Labute approximate surface area is 131 Å². The molecule has 0 radical (unpaired) electrons. The highest BCUT2D eigenvalue weighted by molar-refractivity contribution is 9.10. The predicted octanol–water partition coefficient (Wildman–Crippen LogP) is 0.482. The number of nitrogens with one attached hydrogen (secondary N) is 2. The van der Waals surface area contributed by atoms with Crippen molar-refractivity contribution in [3.05, 3.63) is 34.3 Å². The molecule has 0 aliphatic carbocycles. The van der Waals surface area contributed by atoms with Crippen LogP contribution >= 0.6 is 15.9 Å². The van der Waals surface area contributed by atoms with E-state index in [4.69, 9.17) is 0 Å². The third-order valence-corrected chi connectivity index (χ3v) is 5.36. The topological polar surface area (TPSA) is 92.3 Å². The number of hydrogen-bond acceptors (Lipinski definition) is 4. The van der Waals surface area contributed by atoms with Gasteiger partial charge in [-0.3, -0.25) is 9.59 Å². The summed E-state index contributed by atoms with van der Waals surface area (Å²) < 4.78 is 23.3. The molecule has 0 saturated carbocycles. The fourth-order valence-electron chi connectivity index (χ4n) is 2.08. The molecule has 21 heavy (non-hydrogen) atoms. The number of halogens is 1. The Morgan fingerprint density at radius 1 is 1.33 bits per heavy atom. The van der Waals surface area contributed by atoms with Crippen LogP contribution in [0.2, 0.25) is 0 Å². The van der Waals surface area contributed by atoms with Gasteiger partial charge in [-0.05, 0) is 24.6 Å². The lowest BCUT2D eigenvalue weighted by Crippen LogP contribution is -2.42. The van der Waals surface area contributed by atoms with Crippen molar-refractivity contribution < 1.29 is 18.0 Å². The van der Waals surface area contributed by atoms with Crippen molar-refractivity contribution in [3.63, 3.8) is 0 Å². The van der Waals surface area contributed by atoms with Gasteiger partial charge in [0.25, 0.3) is 5.91 Å². The van der Waals surface area contributed by atoms with Crippen LogP contribution < -0.4 is 10.6 Å². The lowest BCUT2D eigenvalue weighted by molar-refractivity contribution is -0.120. The van der Waals surface area contributed by atoms with Crippen LogP contribution in [-0.2, 0) is 14.6 Å². The molecule has 114 valence electrons. The van der Waals surface area contributed by atoms with Crippen LogP contribution in [0, 0.1) is 0 Å². The van der Waals surface area contributed by atoms with Crippen molar-refractivity contribution in [1.29, 1.82) is 0 Å². The number of carbonyl (C=O) groups excluding carboxylic acids is 2. The lowest BCUT2D eigenvalue weighted by atomic mass is 10.2. The molecule has 0 spiro atoms. The molecule has 0 bridgehead atoms. The summed E-state index contributed by atoms with van der Waals surface area (Å²) in [5.41, 5.74) is 0.445. The highest BCUT2D eigenvalue weighted by Gasteiger charge is 2.28. The smallest absolute Gasteiger partial charge is 0.251 e. The van der Waals surface area contributed by atoms with Gasteiger partial charge >= 0.3 is 0 Å². The van der Waals surface area contributed by atoms with Crippen LogP contribution in [0.1, 0.15) is 16.8 Å². The second-order valence-electron chi connectivity index (χ2n) is 4.86. The molecule has 8 heteroatoms. The molecule has 1 unspecified atom stereocenters. The third-order valence-electron chi connectivity index (χ3n) is 3.09. The van der Waals surface area contributed by atoms with Crippen LogP contribution in [0.5, 0.6) is 0 Å². The monoisotopic (exact) mass is 374 g/mol. The van der Waals surface area contributed by atoms with Crippen LogP contribution in [-0.4, -0.2) is 44.3 Å². The first-order valence-corrected chi connectivity index (χ1v) is 9.01. The molecule has 1 aliphatic heterocycles. The minimum atomic E-state index is -3.03. The quantitative estimate of drug-likeness (QED) is 0.801. The van der Waals surface area contributed by atoms with Gasteiger partial charge in [0.05, 0.1) is 18.1 Å². The summed E-state index contributed by atoms with van der Waals surface area (Å²) >= 11 is 3.26. The van der Waals surface area contributed by atoms with Crippen molar-refractivity contribution in [2.75, 3.05) is 18.1 Å². The molecule has 1 aromatic carbocycles. The summed E-state index contributed by atoms with van der Waals surface area (Å²) in [6.45, 7) is -0.179. The molecule has 1 aliphatic rings. The van der Waals surface area contributed by atoms with E-state index < -0.39 is 9.84 Å². The maximum Gasteiger partial charge on any atom is 0.251 e. The van der Waals surface area contributed by atoms with Gasteiger partial charge in [0.15, 0.2) is 9.84 Å². The maximum absolute atomic E-state index is 11.8. The van der Waals surface area contributed by atoms with E-state index in [1.165, 1.54) is 0 Å². The molecule has 1 fully saturated rings. The minimum Gasteiger partial charge on any atom is -0.351 e. The second kappa shape index (κ2) is 6.57. The average Bonchev–Trinajstić information content (AvgIpc) is 2.75.